The molecule has 3 amide bonds. The summed E-state index contributed by atoms with van der Waals surface area (Å²) in [5.41, 5.74) is 1.69. The van der Waals surface area contributed by atoms with E-state index in [1.807, 2.05) is 19.1 Å². The van der Waals surface area contributed by atoms with Crippen LogP contribution in [0.2, 0.25) is 0 Å². The summed E-state index contributed by atoms with van der Waals surface area (Å²) in [5, 5.41) is 4.83. The van der Waals surface area contributed by atoms with E-state index >= 15 is 0 Å². The van der Waals surface area contributed by atoms with E-state index in [-0.39, 0.29) is 6.02 Å². The van der Waals surface area contributed by atoms with Crippen LogP contribution in [0.1, 0.15) is 5.56 Å². The van der Waals surface area contributed by atoms with Crippen molar-refractivity contribution >= 4 is 23.8 Å². The van der Waals surface area contributed by atoms with Gasteiger partial charge in [-0.25, -0.2) is 9.59 Å². The van der Waals surface area contributed by atoms with Crippen LogP contribution in [0.3, 0.4) is 0 Å². The van der Waals surface area contributed by atoms with E-state index in [4.69, 9.17) is 4.74 Å². The predicted octanol–water partition coefficient (Wildman–Crippen LogP) is 1.89. The number of nitrogens with one attached hydrogen (secondary N) is 2. The molecule has 0 aromatic heterocycles. The number of urea groups is 1. The number of amidine groups is 1. The minimum Gasteiger partial charge on any atom is -0.468 e. The number of amides is 3. The van der Waals surface area contributed by atoms with Gasteiger partial charge in [0.2, 0.25) is 0 Å². The van der Waals surface area contributed by atoms with Crippen molar-refractivity contribution in [3.05, 3.63) is 29.8 Å². The van der Waals surface area contributed by atoms with E-state index in [0.29, 0.717) is 5.69 Å². The zero-order valence-corrected chi connectivity index (χ0v) is 10.9. The number of anilines is 1. The van der Waals surface area contributed by atoms with Gasteiger partial charge in [-0.3, -0.25) is 5.32 Å². The molecule has 102 valence electrons. The summed E-state index contributed by atoms with van der Waals surface area (Å²) in [6.07, 6.45) is -0.868. The molecular formula is C12H15N3O4. The summed E-state index contributed by atoms with van der Waals surface area (Å²) in [4.78, 5) is 25.9. The molecule has 0 bridgehead atoms. The van der Waals surface area contributed by atoms with Gasteiger partial charge in [-0.1, -0.05) is 17.7 Å². The summed E-state index contributed by atoms with van der Waals surface area (Å²) in [6.45, 7) is 1.94. The molecule has 0 fully saturated rings. The SMILES string of the molecule is COC(=O)/N=C(/NC(=O)Nc1ccc(C)cc1)OC. The van der Waals surface area contributed by atoms with E-state index in [9.17, 15) is 9.59 Å². The fraction of sp³-hybridized carbons (Fsp3) is 0.250. The number of aliphatic imine (C=N–C) groups is 1. The molecule has 0 atom stereocenters. The number of ether oxygens (including phenoxy) is 2. The molecule has 1 aromatic rings. The van der Waals surface area contributed by atoms with Gasteiger partial charge in [0, 0.05) is 5.69 Å². The number of aryl methyl sites for hydroxylation is 1. The molecule has 1 rings (SSSR count). The maximum Gasteiger partial charge on any atom is 0.437 e. The topological polar surface area (TPSA) is 89.0 Å². The quantitative estimate of drug-likeness (QED) is 0.599. The molecule has 0 aliphatic rings. The lowest BCUT2D eigenvalue weighted by Crippen LogP contribution is -2.36. The number of carbonyl (C=O) groups is 2. The van der Waals surface area contributed by atoms with Crippen molar-refractivity contribution in [2.45, 2.75) is 6.92 Å². The van der Waals surface area contributed by atoms with E-state index in [0.717, 1.165) is 5.56 Å². The third-order valence-electron chi connectivity index (χ3n) is 2.09. The minimum absolute atomic E-state index is 0.253. The Labute approximate surface area is 110 Å². The highest BCUT2D eigenvalue weighted by Crippen LogP contribution is 2.07. The Morgan fingerprint density at radius 1 is 1.11 bits per heavy atom. The number of hydrogen-bond acceptors (Lipinski definition) is 4. The lowest BCUT2D eigenvalue weighted by molar-refractivity contribution is 0.181. The highest BCUT2D eigenvalue weighted by molar-refractivity contribution is 6.02. The van der Waals surface area contributed by atoms with Crippen molar-refractivity contribution < 1.29 is 19.1 Å². The Hall–Kier alpha value is -2.57. The van der Waals surface area contributed by atoms with Crippen LogP contribution < -0.4 is 10.6 Å². The number of methoxy groups -OCH3 is 2. The van der Waals surface area contributed by atoms with Gasteiger partial charge in [-0.15, -0.1) is 4.99 Å². The van der Waals surface area contributed by atoms with Crippen molar-refractivity contribution in [3.63, 3.8) is 0 Å². The molecule has 0 saturated carbocycles. The van der Waals surface area contributed by atoms with Gasteiger partial charge in [-0.2, -0.15) is 0 Å². The van der Waals surface area contributed by atoms with Crippen molar-refractivity contribution in [1.82, 2.24) is 5.32 Å². The average Bonchev–Trinajstić information content (AvgIpc) is 2.40. The van der Waals surface area contributed by atoms with Crippen LogP contribution in [0.4, 0.5) is 15.3 Å². The molecule has 0 unspecified atom stereocenters. The summed E-state index contributed by atoms with van der Waals surface area (Å²) >= 11 is 0. The maximum absolute atomic E-state index is 11.6. The molecule has 0 aliphatic carbocycles. The first-order chi connectivity index (χ1) is 9.05. The van der Waals surface area contributed by atoms with Gasteiger partial charge < -0.3 is 14.8 Å². The first-order valence-corrected chi connectivity index (χ1v) is 5.40. The third-order valence-corrected chi connectivity index (χ3v) is 2.09. The minimum atomic E-state index is -0.868. The highest BCUT2D eigenvalue weighted by atomic mass is 16.5. The summed E-state index contributed by atoms with van der Waals surface area (Å²) in [5.74, 6) is 0. The fourth-order valence-electron chi connectivity index (χ4n) is 1.15. The second-order valence-electron chi connectivity index (χ2n) is 3.54. The second-order valence-corrected chi connectivity index (χ2v) is 3.54. The van der Waals surface area contributed by atoms with Gasteiger partial charge in [0.1, 0.15) is 0 Å². The van der Waals surface area contributed by atoms with Gasteiger partial charge in [-0.05, 0) is 19.1 Å². The maximum atomic E-state index is 11.6. The summed E-state index contributed by atoms with van der Waals surface area (Å²) < 4.78 is 9.04. The van der Waals surface area contributed by atoms with Crippen molar-refractivity contribution in [3.8, 4) is 0 Å². The van der Waals surface area contributed by atoms with Crippen LogP contribution >= 0.6 is 0 Å². The van der Waals surface area contributed by atoms with Crippen molar-refractivity contribution in [2.75, 3.05) is 19.5 Å². The molecule has 0 radical (unpaired) electrons. The van der Waals surface area contributed by atoms with Gasteiger partial charge in [0.15, 0.2) is 0 Å². The third kappa shape index (κ3) is 5.07. The fourth-order valence-corrected chi connectivity index (χ4v) is 1.15. The molecule has 0 saturated heterocycles. The van der Waals surface area contributed by atoms with E-state index in [1.54, 1.807) is 12.1 Å². The lowest BCUT2D eigenvalue weighted by atomic mass is 10.2. The van der Waals surface area contributed by atoms with Crippen LogP contribution in [0.25, 0.3) is 0 Å². The van der Waals surface area contributed by atoms with Crippen LogP contribution in [0, 0.1) is 6.92 Å². The molecule has 7 nitrogen and oxygen atoms in total. The molecule has 0 spiro atoms. The highest BCUT2D eigenvalue weighted by Gasteiger charge is 2.08. The second kappa shape index (κ2) is 7.00. The van der Waals surface area contributed by atoms with Gasteiger partial charge in [0.25, 0.3) is 0 Å². The average molecular weight is 265 g/mol. The number of rotatable bonds is 1. The Morgan fingerprint density at radius 3 is 2.26 bits per heavy atom. The smallest absolute Gasteiger partial charge is 0.437 e. The molecule has 19 heavy (non-hydrogen) atoms. The van der Waals surface area contributed by atoms with Gasteiger partial charge in [0.05, 0.1) is 14.2 Å². The number of benzene rings is 1. The van der Waals surface area contributed by atoms with E-state index < -0.39 is 12.1 Å². The molecule has 1 aromatic carbocycles. The number of nitrogens with zero attached hydrogens (tertiary/aromatic N) is 1. The lowest BCUT2D eigenvalue weighted by Gasteiger charge is -2.08. The Kier molecular flexibility index (Phi) is 5.34. The molecule has 0 aliphatic heterocycles. The Balaban J connectivity index is 2.61. The van der Waals surface area contributed by atoms with Crippen molar-refractivity contribution in [2.24, 2.45) is 4.99 Å². The normalized spacial score (nSPS) is 10.6. The van der Waals surface area contributed by atoms with Gasteiger partial charge >= 0.3 is 18.1 Å². The standard InChI is InChI=1S/C12H15N3O4/c1-8-4-6-9(7-5-8)13-10(16)14-11(18-2)15-12(17)19-3/h4-7H,1-3H3,(H2,13,14,15,16,17). The van der Waals surface area contributed by atoms with Crippen LogP contribution in [-0.4, -0.2) is 32.4 Å². The first-order valence-electron chi connectivity index (χ1n) is 5.40. The Morgan fingerprint density at radius 2 is 1.74 bits per heavy atom. The van der Waals surface area contributed by atoms with E-state index in [2.05, 4.69) is 20.4 Å². The number of hydrogen-bond donors (Lipinski definition) is 2. The molecule has 0 heterocycles. The first kappa shape index (κ1) is 14.5. The zero-order chi connectivity index (χ0) is 14.3. The largest absolute Gasteiger partial charge is 0.468 e. The molecule has 2 N–H and O–H groups in total. The van der Waals surface area contributed by atoms with Crippen molar-refractivity contribution in [1.29, 1.82) is 0 Å². The summed E-state index contributed by atoms with van der Waals surface area (Å²) in [6, 6.07) is 6.38. The number of carbonyl (C=O) groups excluding carboxylic acids is 2. The zero-order valence-electron chi connectivity index (χ0n) is 10.9. The van der Waals surface area contributed by atoms with Crippen LogP contribution in [0.15, 0.2) is 29.3 Å². The monoisotopic (exact) mass is 265 g/mol. The van der Waals surface area contributed by atoms with E-state index in [1.165, 1.54) is 14.2 Å². The molecular weight excluding hydrogens is 250 g/mol. The van der Waals surface area contributed by atoms with Crippen LogP contribution in [-0.2, 0) is 9.47 Å². The molecule has 7 heteroatoms. The summed E-state index contributed by atoms with van der Waals surface area (Å²) in [7, 11) is 2.44. The van der Waals surface area contributed by atoms with Crippen LogP contribution in [0.5, 0.6) is 0 Å². The predicted molar refractivity (Wildman–Crippen MR) is 70.2 cm³/mol. The Bertz CT molecular complexity index is 482.